The monoisotopic (exact) mass is 212 g/mol. The smallest absolute Gasteiger partial charge is 0.217 e. The molecule has 0 saturated heterocycles. The number of nitrogens with zero attached hydrogens (tertiary/aromatic N) is 2. The van der Waals surface area contributed by atoms with Gasteiger partial charge in [-0.25, -0.2) is 4.68 Å². The predicted octanol–water partition coefficient (Wildman–Crippen LogP) is 2.09. The number of rotatable bonds is 4. The van der Waals surface area contributed by atoms with Crippen LogP contribution in [0.4, 0.5) is 0 Å². The van der Waals surface area contributed by atoms with Gasteiger partial charge >= 0.3 is 0 Å². The molecule has 1 heterocycles. The van der Waals surface area contributed by atoms with Gasteiger partial charge in [0.05, 0.1) is 31.0 Å². The molecule has 1 aromatic rings. The Morgan fingerprint density at radius 1 is 1.33 bits per heavy atom. The third kappa shape index (κ3) is 2.15. The normalized spacial score (nSPS) is 11.5. The van der Waals surface area contributed by atoms with Crippen molar-refractivity contribution in [1.29, 1.82) is 0 Å². The number of hydrogen-bond donors (Lipinski definition) is 1. The Morgan fingerprint density at radius 3 is 2.27 bits per heavy atom. The number of aliphatic hydroxyl groups is 1. The van der Waals surface area contributed by atoms with Gasteiger partial charge in [-0.1, -0.05) is 13.8 Å². The molecule has 86 valence electrons. The van der Waals surface area contributed by atoms with Crippen molar-refractivity contribution in [2.24, 2.45) is 0 Å². The molecule has 0 fully saturated rings. The van der Waals surface area contributed by atoms with Crippen molar-refractivity contribution in [3.8, 4) is 5.88 Å². The predicted molar refractivity (Wildman–Crippen MR) is 59.2 cm³/mol. The van der Waals surface area contributed by atoms with E-state index in [2.05, 4.69) is 18.9 Å². The fraction of sp³-hybridized carbons (Fsp3) is 0.727. The molecule has 1 rings (SSSR count). The molecule has 0 bridgehead atoms. The first-order chi connectivity index (χ1) is 7.02. The molecular formula is C11H20N2O2. The van der Waals surface area contributed by atoms with Gasteiger partial charge in [0.15, 0.2) is 0 Å². The topological polar surface area (TPSA) is 47.3 Å². The first-order valence-electron chi connectivity index (χ1n) is 5.29. The Hall–Kier alpha value is -1.03. The Morgan fingerprint density at radius 2 is 1.93 bits per heavy atom. The van der Waals surface area contributed by atoms with Crippen LogP contribution >= 0.6 is 0 Å². The average molecular weight is 212 g/mol. The fourth-order valence-corrected chi connectivity index (χ4v) is 1.65. The van der Waals surface area contributed by atoms with Crippen LogP contribution < -0.4 is 4.74 Å². The van der Waals surface area contributed by atoms with Crippen molar-refractivity contribution in [2.75, 3.05) is 7.11 Å². The van der Waals surface area contributed by atoms with Crippen LogP contribution in [-0.2, 0) is 6.61 Å². The maximum Gasteiger partial charge on any atom is 0.217 e. The molecule has 4 heteroatoms. The van der Waals surface area contributed by atoms with Crippen LogP contribution in [0.2, 0.25) is 0 Å². The van der Waals surface area contributed by atoms with E-state index in [-0.39, 0.29) is 12.6 Å². The second kappa shape index (κ2) is 4.66. The zero-order chi connectivity index (χ0) is 11.6. The van der Waals surface area contributed by atoms with E-state index in [4.69, 9.17) is 4.74 Å². The molecule has 0 spiro atoms. The Kier molecular flexibility index (Phi) is 3.74. The summed E-state index contributed by atoms with van der Waals surface area (Å²) in [5.74, 6) is 0.970. The number of aliphatic hydroxyl groups excluding tert-OH is 1. The van der Waals surface area contributed by atoms with Crippen molar-refractivity contribution in [1.82, 2.24) is 9.78 Å². The van der Waals surface area contributed by atoms with Gasteiger partial charge in [0.1, 0.15) is 0 Å². The van der Waals surface area contributed by atoms with Crippen LogP contribution in [0.3, 0.4) is 0 Å². The lowest BCUT2D eigenvalue weighted by Crippen LogP contribution is -2.05. The lowest BCUT2D eigenvalue weighted by atomic mass is 10.1. The molecule has 0 unspecified atom stereocenters. The summed E-state index contributed by atoms with van der Waals surface area (Å²) in [5.41, 5.74) is 1.73. The second-order valence-corrected chi connectivity index (χ2v) is 4.22. The highest BCUT2D eigenvalue weighted by atomic mass is 16.5. The van der Waals surface area contributed by atoms with E-state index >= 15 is 0 Å². The van der Waals surface area contributed by atoms with E-state index in [1.165, 1.54) is 0 Å². The van der Waals surface area contributed by atoms with E-state index in [9.17, 15) is 5.11 Å². The summed E-state index contributed by atoms with van der Waals surface area (Å²) in [5, 5.41) is 13.8. The first kappa shape index (κ1) is 12.0. The molecule has 1 aromatic heterocycles. The number of aromatic nitrogens is 2. The molecule has 0 saturated carbocycles. The van der Waals surface area contributed by atoms with Gasteiger partial charge in [0.25, 0.3) is 0 Å². The highest BCUT2D eigenvalue weighted by Gasteiger charge is 2.21. The van der Waals surface area contributed by atoms with Crippen LogP contribution in [0.5, 0.6) is 5.88 Å². The largest absolute Gasteiger partial charge is 0.481 e. The van der Waals surface area contributed by atoms with Crippen LogP contribution in [0.1, 0.15) is 50.9 Å². The maximum absolute atomic E-state index is 9.34. The molecule has 0 aliphatic heterocycles. The van der Waals surface area contributed by atoms with E-state index in [1.54, 1.807) is 7.11 Å². The number of hydrogen-bond acceptors (Lipinski definition) is 3. The third-order valence-corrected chi connectivity index (χ3v) is 2.38. The second-order valence-electron chi connectivity index (χ2n) is 4.22. The highest BCUT2D eigenvalue weighted by molar-refractivity contribution is 5.33. The molecule has 0 aliphatic carbocycles. The van der Waals surface area contributed by atoms with Crippen molar-refractivity contribution < 1.29 is 9.84 Å². The fourth-order valence-electron chi connectivity index (χ4n) is 1.65. The molecule has 4 nitrogen and oxygen atoms in total. The maximum atomic E-state index is 9.34. The quantitative estimate of drug-likeness (QED) is 0.831. The van der Waals surface area contributed by atoms with Gasteiger partial charge in [-0.3, -0.25) is 0 Å². The molecule has 0 atom stereocenters. The minimum atomic E-state index is -0.0244. The number of methoxy groups -OCH3 is 1. The van der Waals surface area contributed by atoms with Gasteiger partial charge in [-0.15, -0.1) is 0 Å². The lowest BCUT2D eigenvalue weighted by molar-refractivity contribution is 0.267. The van der Waals surface area contributed by atoms with Crippen molar-refractivity contribution in [3.05, 3.63) is 11.3 Å². The summed E-state index contributed by atoms with van der Waals surface area (Å²) < 4.78 is 7.12. The molecule has 0 amide bonds. The van der Waals surface area contributed by atoms with Crippen molar-refractivity contribution in [3.63, 3.8) is 0 Å². The lowest BCUT2D eigenvalue weighted by Gasteiger charge is -2.09. The van der Waals surface area contributed by atoms with Crippen molar-refractivity contribution >= 4 is 0 Å². The third-order valence-electron chi connectivity index (χ3n) is 2.38. The number of ether oxygens (including phenoxy) is 1. The standard InChI is InChI=1S/C11H20N2O2/c1-7(2)10-9(6-14)11(15-5)13(12-10)8(3)4/h7-8,14H,6H2,1-5H3. The highest BCUT2D eigenvalue weighted by Crippen LogP contribution is 2.29. The minimum Gasteiger partial charge on any atom is -0.481 e. The molecule has 1 N–H and O–H groups in total. The van der Waals surface area contributed by atoms with E-state index in [0.29, 0.717) is 11.8 Å². The van der Waals surface area contributed by atoms with Gasteiger partial charge in [0.2, 0.25) is 5.88 Å². The van der Waals surface area contributed by atoms with Crippen molar-refractivity contribution in [2.45, 2.75) is 46.3 Å². The Bertz CT molecular complexity index is 299. The van der Waals surface area contributed by atoms with Crippen LogP contribution in [0.25, 0.3) is 0 Å². The summed E-state index contributed by atoms with van der Waals surface area (Å²) >= 11 is 0. The Labute approximate surface area is 90.9 Å². The first-order valence-corrected chi connectivity index (χ1v) is 5.29. The summed E-state index contributed by atoms with van der Waals surface area (Å²) in [6.45, 7) is 8.18. The summed E-state index contributed by atoms with van der Waals surface area (Å²) in [6, 6.07) is 0.234. The van der Waals surface area contributed by atoms with Crippen LogP contribution in [-0.4, -0.2) is 22.0 Å². The zero-order valence-electron chi connectivity index (χ0n) is 10.1. The van der Waals surface area contributed by atoms with Gasteiger partial charge in [-0.05, 0) is 19.8 Å². The van der Waals surface area contributed by atoms with Crippen LogP contribution in [0.15, 0.2) is 0 Å². The SMILES string of the molecule is COc1c(CO)c(C(C)C)nn1C(C)C. The summed E-state index contributed by atoms with van der Waals surface area (Å²) in [7, 11) is 1.61. The van der Waals surface area contributed by atoms with E-state index in [0.717, 1.165) is 11.3 Å². The Balaban J connectivity index is 3.31. The summed E-state index contributed by atoms with van der Waals surface area (Å²) in [4.78, 5) is 0. The molecule has 0 radical (unpaired) electrons. The molecule has 15 heavy (non-hydrogen) atoms. The average Bonchev–Trinajstić information content (AvgIpc) is 2.55. The van der Waals surface area contributed by atoms with Crippen LogP contribution in [0, 0.1) is 0 Å². The molecule has 0 aromatic carbocycles. The minimum absolute atomic E-state index is 0.0244. The summed E-state index contributed by atoms with van der Waals surface area (Å²) in [6.07, 6.45) is 0. The zero-order valence-corrected chi connectivity index (χ0v) is 10.1. The van der Waals surface area contributed by atoms with Gasteiger partial charge in [-0.2, -0.15) is 5.10 Å². The van der Waals surface area contributed by atoms with E-state index in [1.807, 2.05) is 18.5 Å². The molecular weight excluding hydrogens is 192 g/mol. The van der Waals surface area contributed by atoms with Gasteiger partial charge in [0, 0.05) is 0 Å². The van der Waals surface area contributed by atoms with E-state index < -0.39 is 0 Å². The van der Waals surface area contributed by atoms with Gasteiger partial charge < -0.3 is 9.84 Å². The molecule has 0 aliphatic rings.